The van der Waals surface area contributed by atoms with Crippen molar-refractivity contribution in [3.63, 3.8) is 0 Å². The number of aliphatic carboxylic acids is 1. The molecule has 0 aliphatic heterocycles. The first-order valence-corrected chi connectivity index (χ1v) is 6.09. The lowest BCUT2D eigenvalue weighted by Crippen LogP contribution is -2.35. The molecule has 0 spiro atoms. The van der Waals surface area contributed by atoms with Gasteiger partial charge in [0.15, 0.2) is 6.54 Å². The van der Waals surface area contributed by atoms with Crippen LogP contribution in [0.3, 0.4) is 0 Å². The number of hydrazine groups is 1. The van der Waals surface area contributed by atoms with Crippen molar-refractivity contribution >= 4 is 11.9 Å². The third-order valence-electron chi connectivity index (χ3n) is 2.08. The van der Waals surface area contributed by atoms with Crippen molar-refractivity contribution in [2.24, 2.45) is 10.7 Å². The highest BCUT2D eigenvalue weighted by Crippen LogP contribution is 2.16. The zero-order chi connectivity index (χ0) is 15.9. The van der Waals surface area contributed by atoms with E-state index in [1.807, 2.05) is 0 Å². The third kappa shape index (κ3) is 6.76. The first-order valence-electron chi connectivity index (χ1n) is 6.09. The quantitative estimate of drug-likeness (QED) is 0.246. The predicted molar refractivity (Wildman–Crippen MR) is 67.0 cm³/mol. The Labute approximate surface area is 117 Å². The molecule has 0 aromatic heterocycles. The Morgan fingerprint density at radius 3 is 2.40 bits per heavy atom. The van der Waals surface area contributed by atoms with Gasteiger partial charge in [-0.15, -0.1) is 5.01 Å². The van der Waals surface area contributed by atoms with Crippen molar-refractivity contribution in [3.8, 4) is 0 Å². The summed E-state index contributed by atoms with van der Waals surface area (Å²) in [6.45, 7) is 7.63. The lowest BCUT2D eigenvalue weighted by Gasteiger charge is -2.19. The van der Waals surface area contributed by atoms with E-state index in [9.17, 15) is 14.8 Å². The number of carbonyl (C=O) groups is 2. The van der Waals surface area contributed by atoms with E-state index < -0.39 is 30.2 Å². The molecule has 0 aromatic carbocycles. The molecule has 116 valence electrons. The van der Waals surface area contributed by atoms with Crippen LogP contribution in [0.25, 0.3) is 0 Å². The van der Waals surface area contributed by atoms with Gasteiger partial charge in [-0.1, -0.05) is 0 Å². The Kier molecular flexibility index (Phi) is 6.74. The average Bonchev–Trinajstić information content (AvgIpc) is 2.31. The fourth-order valence-electron chi connectivity index (χ4n) is 0.957. The minimum atomic E-state index is -1.17. The van der Waals surface area contributed by atoms with Crippen molar-refractivity contribution < 1.29 is 29.2 Å². The molecule has 0 saturated carbocycles. The van der Waals surface area contributed by atoms with Gasteiger partial charge in [0.2, 0.25) is 5.28 Å². The Hall–Kier alpha value is -2.06. The maximum absolute atomic E-state index is 11.5. The van der Waals surface area contributed by atoms with E-state index in [2.05, 4.69) is 5.28 Å². The van der Waals surface area contributed by atoms with E-state index in [-0.39, 0.29) is 11.5 Å². The summed E-state index contributed by atoms with van der Waals surface area (Å²) in [5.41, 5.74) is -0.701. The molecule has 1 unspecified atom stereocenters. The molecule has 0 radical (unpaired) electrons. The van der Waals surface area contributed by atoms with Crippen molar-refractivity contribution in [1.29, 1.82) is 0 Å². The second kappa shape index (κ2) is 7.51. The predicted octanol–water partition coefficient (Wildman–Crippen LogP) is 1.14. The molecule has 0 rings (SSSR count). The molecule has 0 saturated heterocycles. The number of carboxylic acid groups (broad SMARTS) is 1. The Morgan fingerprint density at radius 1 is 1.45 bits per heavy atom. The molecule has 9 nitrogen and oxygen atoms in total. The highest BCUT2D eigenvalue weighted by molar-refractivity contribution is 5.75. The van der Waals surface area contributed by atoms with Crippen LogP contribution >= 0.6 is 0 Å². The molecule has 0 aliphatic rings. The molecule has 0 amide bonds. The van der Waals surface area contributed by atoms with Crippen molar-refractivity contribution in [2.45, 2.75) is 40.9 Å². The summed E-state index contributed by atoms with van der Waals surface area (Å²) in [6, 6.07) is 0. The van der Waals surface area contributed by atoms with Crippen LogP contribution < -0.4 is 0 Å². The normalized spacial score (nSPS) is 13.6. The number of carbonyl (C=O) groups excluding carboxylic acids is 1. The van der Waals surface area contributed by atoms with Crippen LogP contribution in [0, 0.1) is 10.6 Å². The summed E-state index contributed by atoms with van der Waals surface area (Å²) < 4.78 is 4.90. The highest BCUT2D eigenvalue weighted by Gasteiger charge is 2.26. The molecule has 20 heavy (non-hydrogen) atoms. The van der Waals surface area contributed by atoms with E-state index in [4.69, 9.17) is 14.7 Å². The fraction of sp³-hybridized carbons (Fsp3) is 0.818. The van der Waals surface area contributed by atoms with Gasteiger partial charge in [0.25, 0.3) is 6.29 Å². The number of ether oxygens (including phenoxy) is 1. The minimum absolute atomic E-state index is 0.00947. The zero-order valence-corrected chi connectivity index (χ0v) is 12.3. The van der Waals surface area contributed by atoms with Gasteiger partial charge in [-0.2, -0.15) is 0 Å². The molecule has 0 aromatic rings. The van der Waals surface area contributed by atoms with Gasteiger partial charge < -0.3 is 15.1 Å². The van der Waals surface area contributed by atoms with E-state index in [0.29, 0.717) is 0 Å². The van der Waals surface area contributed by atoms with Crippen molar-refractivity contribution in [1.82, 2.24) is 5.01 Å². The molecule has 1 atom stereocenters. The topological polar surface area (TPSA) is 114 Å². The second-order valence-corrected chi connectivity index (χ2v) is 5.04. The van der Waals surface area contributed by atoms with Crippen LogP contribution in [0.5, 0.6) is 0 Å². The minimum Gasteiger partial charge on any atom is -0.569 e. The van der Waals surface area contributed by atoms with Crippen LogP contribution in [-0.4, -0.2) is 46.4 Å². The SMILES string of the molecule is CCN(CC(=O)O)[N+]([O-])=NOC(C)OC(=O)C(C)(C)C. The van der Waals surface area contributed by atoms with Gasteiger partial charge in [0.1, 0.15) is 0 Å². The molecular weight excluding hydrogens is 270 g/mol. The molecule has 1 N–H and O–H groups in total. The number of nitrogens with zero attached hydrogens (tertiary/aromatic N) is 3. The summed E-state index contributed by atoms with van der Waals surface area (Å²) in [4.78, 5) is 26.7. The van der Waals surface area contributed by atoms with E-state index in [1.54, 1.807) is 27.7 Å². The van der Waals surface area contributed by atoms with Gasteiger partial charge in [-0.05, 0) is 27.7 Å². The van der Waals surface area contributed by atoms with Crippen LogP contribution in [0.2, 0.25) is 0 Å². The molecular formula is C11H21N3O6. The molecule has 0 aliphatic carbocycles. The maximum atomic E-state index is 11.5. The Bertz CT molecular complexity index is 377. The van der Waals surface area contributed by atoms with Gasteiger partial charge in [0, 0.05) is 6.92 Å². The van der Waals surface area contributed by atoms with Gasteiger partial charge in [-0.3, -0.25) is 14.4 Å². The summed E-state index contributed by atoms with van der Waals surface area (Å²) in [5, 5.41) is 24.1. The monoisotopic (exact) mass is 291 g/mol. The summed E-state index contributed by atoms with van der Waals surface area (Å²) in [7, 11) is 0. The number of likely N-dealkylation sites (N-methyl/N-ethyl adjacent to an activating group) is 1. The maximum Gasteiger partial charge on any atom is 0.329 e. The van der Waals surface area contributed by atoms with Crippen LogP contribution in [0.4, 0.5) is 0 Å². The van der Waals surface area contributed by atoms with E-state index in [0.717, 1.165) is 5.01 Å². The number of hydrogen-bond acceptors (Lipinski definition) is 6. The van der Waals surface area contributed by atoms with Crippen LogP contribution in [-0.2, 0) is 19.2 Å². The van der Waals surface area contributed by atoms with E-state index >= 15 is 0 Å². The molecule has 0 heterocycles. The Morgan fingerprint density at radius 2 is 2.00 bits per heavy atom. The lowest BCUT2D eigenvalue weighted by atomic mass is 9.97. The summed E-state index contributed by atoms with van der Waals surface area (Å²) in [6.07, 6.45) is -1.05. The number of hydrogen-bond donors (Lipinski definition) is 1. The van der Waals surface area contributed by atoms with Crippen LogP contribution in [0.15, 0.2) is 5.28 Å². The second-order valence-electron chi connectivity index (χ2n) is 5.04. The summed E-state index contributed by atoms with van der Waals surface area (Å²) >= 11 is 0. The molecule has 9 heteroatoms. The average molecular weight is 291 g/mol. The summed E-state index contributed by atoms with van der Waals surface area (Å²) in [5.74, 6) is -1.68. The Balaban J connectivity index is 4.46. The van der Waals surface area contributed by atoms with Gasteiger partial charge in [-0.25, -0.2) is 0 Å². The van der Waals surface area contributed by atoms with Crippen molar-refractivity contribution in [2.75, 3.05) is 13.1 Å². The number of esters is 1. The molecule has 0 bridgehead atoms. The standard InChI is InChI=1S/C11H21N3O6/c1-6-13(7-9(15)16)14(18)12-20-8(2)19-10(17)11(3,4)5/h8H,6-7H2,1-5H3,(H,15,16). The third-order valence-corrected chi connectivity index (χ3v) is 2.08. The van der Waals surface area contributed by atoms with Crippen LogP contribution in [0.1, 0.15) is 34.6 Å². The fourth-order valence-corrected chi connectivity index (χ4v) is 0.957. The number of carboxylic acids is 1. The molecule has 0 fully saturated rings. The first-order chi connectivity index (χ1) is 9.07. The van der Waals surface area contributed by atoms with E-state index in [1.165, 1.54) is 6.92 Å². The first kappa shape index (κ1) is 17.9. The lowest BCUT2D eigenvalue weighted by molar-refractivity contribution is -0.710. The largest absolute Gasteiger partial charge is 0.569 e. The van der Waals surface area contributed by atoms with Gasteiger partial charge in [0.05, 0.1) is 16.9 Å². The number of rotatable bonds is 7. The highest BCUT2D eigenvalue weighted by atomic mass is 16.8. The van der Waals surface area contributed by atoms with Gasteiger partial charge >= 0.3 is 11.9 Å². The zero-order valence-electron chi connectivity index (χ0n) is 12.3. The smallest absolute Gasteiger partial charge is 0.329 e. The van der Waals surface area contributed by atoms with Crippen molar-refractivity contribution in [3.05, 3.63) is 5.21 Å².